The van der Waals surface area contributed by atoms with Gasteiger partial charge in [0.05, 0.1) is 0 Å². The molecule has 0 fully saturated rings. The van der Waals surface area contributed by atoms with Gasteiger partial charge in [-0.05, 0) is 107 Å². The molecule has 2 atom stereocenters. The molecule has 45 heavy (non-hydrogen) atoms. The Morgan fingerprint density at radius 3 is 1.18 bits per heavy atom. The Kier molecular flexibility index (Phi) is 26.5. The van der Waals surface area contributed by atoms with Crippen LogP contribution in [0.15, 0.2) is 69.9 Å². The van der Waals surface area contributed by atoms with E-state index in [9.17, 15) is 9.59 Å². The summed E-state index contributed by atoms with van der Waals surface area (Å²) in [6.45, 7) is 17.2. The molecular weight excluding hydrogens is 621 g/mol. The van der Waals surface area contributed by atoms with Crippen LogP contribution in [0.5, 0.6) is 0 Å². The molecule has 0 aliphatic rings. The number of allylic oxidation sites excluding steroid dienone is 10. The SMILES string of the molecule is CC(C)=CCCC(C)=CCCC(C)=CCSC[C@H](N)C(=O)OSOC(=O)[C@@H](N)CSCC=C(C)CCC=C(C)CCC=C(C)C. The molecule has 0 aromatic heterocycles. The lowest BCUT2D eigenvalue weighted by atomic mass is 10.1. The van der Waals surface area contributed by atoms with E-state index in [0.29, 0.717) is 23.8 Å². The number of carbonyl (C=O) groups is 2. The fraction of sp³-hybridized carbons (Fsp3) is 0.611. The van der Waals surface area contributed by atoms with Gasteiger partial charge in [-0.15, -0.1) is 0 Å². The highest BCUT2D eigenvalue weighted by Gasteiger charge is 2.20. The topological polar surface area (TPSA) is 105 Å². The van der Waals surface area contributed by atoms with E-state index in [1.165, 1.54) is 33.4 Å². The van der Waals surface area contributed by atoms with Gasteiger partial charge in [0.15, 0.2) is 0 Å². The number of hydrogen-bond donors (Lipinski definition) is 2. The third-order valence-corrected chi connectivity index (χ3v) is 9.24. The molecule has 0 aliphatic heterocycles. The first-order valence-corrected chi connectivity index (χ1v) is 18.9. The Hall–Kier alpha value is -1.65. The van der Waals surface area contributed by atoms with Crippen LogP contribution in [0.2, 0.25) is 0 Å². The summed E-state index contributed by atoms with van der Waals surface area (Å²) in [6.07, 6.45) is 22.1. The second kappa shape index (κ2) is 27.5. The summed E-state index contributed by atoms with van der Waals surface area (Å²) in [5.74, 6) is 1.11. The van der Waals surface area contributed by atoms with Gasteiger partial charge in [-0.2, -0.15) is 23.5 Å². The summed E-state index contributed by atoms with van der Waals surface area (Å²) in [7, 11) is 0. The van der Waals surface area contributed by atoms with Crippen molar-refractivity contribution in [3.63, 3.8) is 0 Å². The Balaban J connectivity index is 4.10. The highest BCUT2D eigenvalue weighted by Crippen LogP contribution is 2.16. The van der Waals surface area contributed by atoms with Gasteiger partial charge in [-0.1, -0.05) is 69.9 Å². The van der Waals surface area contributed by atoms with Crippen molar-refractivity contribution in [1.29, 1.82) is 0 Å². The van der Waals surface area contributed by atoms with Crippen molar-refractivity contribution in [2.45, 2.75) is 119 Å². The van der Waals surface area contributed by atoms with E-state index < -0.39 is 24.0 Å². The minimum absolute atomic E-state index is 0.331. The predicted molar refractivity (Wildman–Crippen MR) is 201 cm³/mol. The first-order valence-electron chi connectivity index (χ1n) is 16.0. The zero-order valence-electron chi connectivity index (χ0n) is 29.1. The van der Waals surface area contributed by atoms with Gasteiger partial charge in [0.25, 0.3) is 12.3 Å². The summed E-state index contributed by atoms with van der Waals surface area (Å²) in [6, 6.07) is -1.61. The number of thioether (sulfide) groups is 2. The summed E-state index contributed by atoms with van der Waals surface area (Å²) in [5.41, 5.74) is 20.1. The lowest BCUT2D eigenvalue weighted by Gasteiger charge is -2.11. The number of nitrogens with two attached hydrogens (primary N) is 2. The molecule has 0 bridgehead atoms. The normalized spacial score (nSPS) is 14.1. The van der Waals surface area contributed by atoms with Crippen LogP contribution >= 0.6 is 35.8 Å². The van der Waals surface area contributed by atoms with Crippen molar-refractivity contribution in [3.05, 3.63) is 69.9 Å². The smallest absolute Gasteiger partial charge is 0.338 e. The molecule has 0 rings (SSSR count). The Bertz CT molecular complexity index is 971. The van der Waals surface area contributed by atoms with Gasteiger partial charge in [-0.3, -0.25) is 0 Å². The number of hydrogen-bond acceptors (Lipinski definition) is 9. The van der Waals surface area contributed by atoms with Crippen LogP contribution in [0.3, 0.4) is 0 Å². The molecule has 0 aromatic carbocycles. The van der Waals surface area contributed by atoms with Crippen molar-refractivity contribution >= 4 is 47.8 Å². The van der Waals surface area contributed by atoms with Crippen molar-refractivity contribution in [2.75, 3.05) is 23.0 Å². The molecule has 6 nitrogen and oxygen atoms in total. The van der Waals surface area contributed by atoms with E-state index >= 15 is 0 Å². The second-order valence-corrected chi connectivity index (χ2v) is 14.7. The molecule has 0 heterocycles. The van der Waals surface area contributed by atoms with Crippen LogP contribution in [0.1, 0.15) is 107 Å². The minimum atomic E-state index is -0.803. The van der Waals surface area contributed by atoms with Crippen LogP contribution in [0.4, 0.5) is 0 Å². The monoisotopic (exact) mass is 680 g/mol. The highest BCUT2D eigenvalue weighted by molar-refractivity contribution is 7.99. The zero-order chi connectivity index (χ0) is 34.0. The molecule has 0 amide bonds. The standard InChI is InChI=1S/C36H60N2O4S3/c1-27(2)13-9-15-29(5)17-11-19-31(7)21-23-43-25-33(37)35(39)41-45-42-36(40)34(38)26-44-24-22-32(8)20-12-18-30(6)16-10-14-28(3)4/h13-14,17-18,21-22,33-34H,9-12,15-16,19-20,23-26,37-38H2,1-8H3/t33-,34-/m0/s1. The largest absolute Gasteiger partial charge is 0.353 e. The predicted octanol–water partition coefficient (Wildman–Crippen LogP) is 9.60. The maximum atomic E-state index is 12.2. The summed E-state index contributed by atoms with van der Waals surface area (Å²) in [4.78, 5) is 24.3. The summed E-state index contributed by atoms with van der Waals surface area (Å²) >= 11 is 3.46. The van der Waals surface area contributed by atoms with Gasteiger partial charge in [0.1, 0.15) is 12.1 Å². The zero-order valence-corrected chi connectivity index (χ0v) is 31.6. The van der Waals surface area contributed by atoms with Crippen molar-refractivity contribution < 1.29 is 18.0 Å². The fourth-order valence-electron chi connectivity index (χ4n) is 3.81. The molecule has 0 radical (unpaired) electrons. The maximum absolute atomic E-state index is 12.2. The van der Waals surface area contributed by atoms with Gasteiger partial charge in [-0.25, -0.2) is 9.59 Å². The van der Waals surface area contributed by atoms with E-state index in [2.05, 4.69) is 91.8 Å². The molecule has 4 N–H and O–H groups in total. The van der Waals surface area contributed by atoms with Crippen molar-refractivity contribution in [3.8, 4) is 0 Å². The van der Waals surface area contributed by atoms with E-state index in [1.54, 1.807) is 23.5 Å². The first-order chi connectivity index (χ1) is 21.3. The minimum Gasteiger partial charge on any atom is -0.353 e. The van der Waals surface area contributed by atoms with Crippen LogP contribution in [0, 0.1) is 0 Å². The van der Waals surface area contributed by atoms with E-state index in [0.717, 1.165) is 62.9 Å². The average Bonchev–Trinajstić information content (AvgIpc) is 2.96. The average molecular weight is 681 g/mol. The van der Waals surface area contributed by atoms with Crippen LogP contribution in [-0.4, -0.2) is 47.0 Å². The lowest BCUT2D eigenvalue weighted by Crippen LogP contribution is -2.35. The molecule has 0 aromatic rings. The van der Waals surface area contributed by atoms with Gasteiger partial charge in [0, 0.05) is 23.0 Å². The van der Waals surface area contributed by atoms with Crippen LogP contribution in [0.25, 0.3) is 0 Å². The van der Waals surface area contributed by atoms with Crippen LogP contribution in [-0.2, 0) is 18.0 Å². The van der Waals surface area contributed by atoms with Crippen LogP contribution < -0.4 is 11.5 Å². The fourth-order valence-corrected chi connectivity index (χ4v) is 6.09. The first kappa shape index (κ1) is 43.4. The van der Waals surface area contributed by atoms with Gasteiger partial charge < -0.3 is 19.8 Å². The van der Waals surface area contributed by atoms with Gasteiger partial charge in [0.2, 0.25) is 0 Å². The number of carbonyl (C=O) groups excluding carboxylic acids is 2. The third kappa shape index (κ3) is 27.2. The maximum Gasteiger partial charge on any atom is 0.338 e. The Morgan fingerprint density at radius 2 is 0.844 bits per heavy atom. The third-order valence-electron chi connectivity index (χ3n) is 6.78. The number of rotatable bonds is 24. The molecule has 0 saturated carbocycles. The van der Waals surface area contributed by atoms with Crippen molar-refractivity contribution in [2.24, 2.45) is 11.5 Å². The van der Waals surface area contributed by atoms with E-state index in [1.807, 2.05) is 0 Å². The van der Waals surface area contributed by atoms with Gasteiger partial charge >= 0.3 is 11.9 Å². The Morgan fingerprint density at radius 1 is 0.533 bits per heavy atom. The summed E-state index contributed by atoms with van der Waals surface area (Å²) in [5, 5.41) is 0. The molecule has 0 unspecified atom stereocenters. The van der Waals surface area contributed by atoms with E-state index in [4.69, 9.17) is 19.8 Å². The molecule has 9 heteroatoms. The second-order valence-electron chi connectivity index (χ2n) is 12.1. The molecule has 0 saturated heterocycles. The highest BCUT2D eigenvalue weighted by atomic mass is 32.2. The van der Waals surface area contributed by atoms with E-state index in [-0.39, 0.29) is 0 Å². The molecular formula is C36H60N2O4S3. The molecule has 0 spiro atoms. The molecule has 256 valence electrons. The quantitative estimate of drug-likeness (QED) is 0.0586. The molecule has 0 aliphatic carbocycles. The summed E-state index contributed by atoms with van der Waals surface area (Å²) < 4.78 is 9.91. The lowest BCUT2D eigenvalue weighted by molar-refractivity contribution is -0.136. The Labute approximate surface area is 287 Å². The van der Waals surface area contributed by atoms with Crippen molar-refractivity contribution in [1.82, 2.24) is 0 Å².